The summed E-state index contributed by atoms with van der Waals surface area (Å²) in [6.45, 7) is 2.16. The van der Waals surface area contributed by atoms with Crippen LogP contribution in [0.3, 0.4) is 0 Å². The summed E-state index contributed by atoms with van der Waals surface area (Å²) in [5.74, 6) is 0.564. The molecule has 0 bridgehead atoms. The van der Waals surface area contributed by atoms with Gasteiger partial charge in [0.2, 0.25) is 0 Å². The van der Waals surface area contributed by atoms with E-state index < -0.39 is 0 Å². The van der Waals surface area contributed by atoms with Crippen LogP contribution >= 0.6 is 0 Å². The first-order chi connectivity index (χ1) is 7.90. The van der Waals surface area contributed by atoms with Gasteiger partial charge in [-0.3, -0.25) is 0 Å². The third kappa shape index (κ3) is 2.73. The molecule has 1 aromatic carbocycles. The van der Waals surface area contributed by atoms with E-state index in [1.807, 2.05) is 0 Å². The van der Waals surface area contributed by atoms with Gasteiger partial charge in [0.15, 0.2) is 0 Å². The molecule has 2 rings (SSSR count). The maximum atomic E-state index is 2.27. The molecule has 0 spiro atoms. The van der Waals surface area contributed by atoms with Gasteiger partial charge in [-0.25, -0.2) is 0 Å². The van der Waals surface area contributed by atoms with Crippen LogP contribution in [0.25, 0.3) is 6.08 Å². The van der Waals surface area contributed by atoms with E-state index in [2.05, 4.69) is 67.6 Å². The van der Waals surface area contributed by atoms with Crippen LogP contribution < -0.4 is 0 Å². The molecule has 0 N–H and O–H groups in total. The maximum Gasteiger partial charge on any atom is 0.00557 e. The van der Waals surface area contributed by atoms with Crippen molar-refractivity contribution in [2.24, 2.45) is 0 Å². The second kappa shape index (κ2) is 5.50. The molecule has 0 saturated heterocycles. The van der Waals surface area contributed by atoms with Gasteiger partial charge in [0, 0.05) is 5.92 Å². The van der Waals surface area contributed by atoms with Crippen LogP contribution in [0.1, 0.15) is 36.8 Å². The number of hydrogen-bond acceptors (Lipinski definition) is 0. The predicted octanol–water partition coefficient (Wildman–Crippen LogP) is 4.71. The first-order valence-corrected chi connectivity index (χ1v) is 6.00. The fraction of sp³-hybridized carbons (Fsp3) is 0.250. The molecule has 16 heavy (non-hydrogen) atoms. The van der Waals surface area contributed by atoms with Crippen LogP contribution in [0.4, 0.5) is 0 Å². The Hall–Kier alpha value is -1.56. The van der Waals surface area contributed by atoms with Gasteiger partial charge in [-0.1, -0.05) is 67.6 Å². The minimum atomic E-state index is 0.564. The number of benzene rings is 1. The normalized spacial score (nSPS) is 19.4. The first kappa shape index (κ1) is 10.9. The molecule has 1 unspecified atom stereocenters. The molecule has 82 valence electrons. The van der Waals surface area contributed by atoms with Crippen molar-refractivity contribution >= 4 is 6.08 Å². The molecule has 1 aliphatic rings. The van der Waals surface area contributed by atoms with Gasteiger partial charge < -0.3 is 0 Å². The van der Waals surface area contributed by atoms with E-state index in [9.17, 15) is 0 Å². The molecule has 1 aromatic rings. The zero-order valence-corrected chi connectivity index (χ0v) is 9.77. The molecule has 0 aliphatic heterocycles. The molecule has 1 aliphatic carbocycles. The highest BCUT2D eigenvalue weighted by atomic mass is 14.1. The third-order valence-electron chi connectivity index (χ3n) is 2.89. The van der Waals surface area contributed by atoms with Crippen molar-refractivity contribution in [3.63, 3.8) is 0 Å². The summed E-state index contributed by atoms with van der Waals surface area (Å²) in [5, 5.41) is 0. The average Bonchev–Trinajstić information content (AvgIpc) is 2.38. The third-order valence-corrected chi connectivity index (χ3v) is 2.89. The molecule has 0 amide bonds. The Morgan fingerprint density at radius 3 is 2.62 bits per heavy atom. The minimum absolute atomic E-state index is 0.564. The Balaban J connectivity index is 2.10. The van der Waals surface area contributed by atoms with Crippen LogP contribution in [0.15, 0.2) is 54.6 Å². The summed E-state index contributed by atoms with van der Waals surface area (Å²) >= 11 is 0. The first-order valence-electron chi connectivity index (χ1n) is 6.00. The summed E-state index contributed by atoms with van der Waals surface area (Å²) in [4.78, 5) is 0. The number of hydrogen-bond donors (Lipinski definition) is 0. The van der Waals surface area contributed by atoms with Gasteiger partial charge in [-0.15, -0.1) is 0 Å². The van der Waals surface area contributed by atoms with E-state index in [0.717, 1.165) is 12.8 Å². The molecule has 0 heteroatoms. The molecular weight excluding hydrogens is 192 g/mol. The van der Waals surface area contributed by atoms with Crippen molar-refractivity contribution in [1.29, 1.82) is 0 Å². The lowest BCUT2D eigenvalue weighted by atomic mass is 9.92. The van der Waals surface area contributed by atoms with E-state index in [4.69, 9.17) is 0 Å². The van der Waals surface area contributed by atoms with Crippen LogP contribution in [-0.4, -0.2) is 0 Å². The van der Waals surface area contributed by atoms with E-state index in [-0.39, 0.29) is 0 Å². The van der Waals surface area contributed by atoms with Gasteiger partial charge in [0.05, 0.1) is 0 Å². The largest absolute Gasteiger partial charge is 0.0842 e. The van der Waals surface area contributed by atoms with Crippen molar-refractivity contribution in [3.05, 3.63) is 65.8 Å². The lowest BCUT2D eigenvalue weighted by Crippen LogP contribution is -1.95. The summed E-state index contributed by atoms with van der Waals surface area (Å²) in [6.07, 6.45) is 15.4. The van der Waals surface area contributed by atoms with Gasteiger partial charge in [-0.05, 0) is 24.0 Å². The lowest BCUT2D eigenvalue weighted by molar-refractivity contribution is 0.854. The molecule has 0 heterocycles. The Kier molecular flexibility index (Phi) is 3.76. The highest BCUT2D eigenvalue weighted by Crippen LogP contribution is 2.24. The van der Waals surface area contributed by atoms with Crippen LogP contribution in [0.5, 0.6) is 0 Å². The number of rotatable bonds is 3. The minimum Gasteiger partial charge on any atom is -0.0842 e. The van der Waals surface area contributed by atoms with E-state index >= 15 is 0 Å². The highest BCUT2D eigenvalue weighted by Gasteiger charge is 2.07. The molecule has 0 radical (unpaired) electrons. The Labute approximate surface area is 98.0 Å². The molecule has 0 fully saturated rings. The van der Waals surface area contributed by atoms with Crippen molar-refractivity contribution in [3.8, 4) is 0 Å². The topological polar surface area (TPSA) is 0 Å². The van der Waals surface area contributed by atoms with E-state index in [1.54, 1.807) is 0 Å². The van der Waals surface area contributed by atoms with E-state index in [1.165, 1.54) is 11.1 Å². The molecule has 0 saturated carbocycles. The molecule has 1 atom stereocenters. The van der Waals surface area contributed by atoms with Crippen LogP contribution in [0, 0.1) is 0 Å². The van der Waals surface area contributed by atoms with Crippen molar-refractivity contribution in [2.45, 2.75) is 25.7 Å². The van der Waals surface area contributed by atoms with Crippen LogP contribution in [0.2, 0.25) is 0 Å². The van der Waals surface area contributed by atoms with Gasteiger partial charge in [0.1, 0.15) is 0 Å². The Morgan fingerprint density at radius 1 is 1.19 bits per heavy atom. The van der Waals surface area contributed by atoms with Crippen molar-refractivity contribution < 1.29 is 0 Å². The molecule has 0 aromatic heterocycles. The fourth-order valence-electron chi connectivity index (χ4n) is 1.94. The summed E-state index contributed by atoms with van der Waals surface area (Å²) < 4.78 is 0. The fourth-order valence-corrected chi connectivity index (χ4v) is 1.94. The van der Waals surface area contributed by atoms with E-state index in [0.29, 0.717) is 5.92 Å². The second-order valence-electron chi connectivity index (χ2n) is 4.13. The highest BCUT2D eigenvalue weighted by molar-refractivity contribution is 5.50. The second-order valence-corrected chi connectivity index (χ2v) is 4.13. The predicted molar refractivity (Wildman–Crippen MR) is 71.4 cm³/mol. The smallest absolute Gasteiger partial charge is 0.00557 e. The molecule has 0 nitrogen and oxygen atoms in total. The summed E-state index contributed by atoms with van der Waals surface area (Å²) in [7, 11) is 0. The average molecular weight is 210 g/mol. The van der Waals surface area contributed by atoms with Gasteiger partial charge in [0.25, 0.3) is 0 Å². The Bertz CT molecular complexity index is 404. The number of allylic oxidation sites excluding steroid dienone is 5. The maximum absolute atomic E-state index is 2.27. The van der Waals surface area contributed by atoms with Crippen molar-refractivity contribution in [1.82, 2.24) is 0 Å². The monoisotopic (exact) mass is 210 g/mol. The quantitative estimate of drug-likeness (QED) is 0.677. The Morgan fingerprint density at radius 2 is 2.00 bits per heavy atom. The van der Waals surface area contributed by atoms with Gasteiger partial charge in [-0.2, -0.15) is 0 Å². The van der Waals surface area contributed by atoms with Gasteiger partial charge >= 0.3 is 0 Å². The molecular formula is C16H18. The zero-order chi connectivity index (χ0) is 11.2. The zero-order valence-electron chi connectivity index (χ0n) is 9.77. The van der Waals surface area contributed by atoms with Crippen molar-refractivity contribution in [2.75, 3.05) is 0 Å². The summed E-state index contributed by atoms with van der Waals surface area (Å²) in [6, 6.07) is 8.88. The lowest BCUT2D eigenvalue weighted by Gasteiger charge is -2.13. The standard InChI is InChI=1S/C16H18/c1-2-3-7-14-10-12-16(13-11-14)15-8-5-4-6-9-15/h3-8,10-13,15H,2,9H2,1H3/b7-3+. The summed E-state index contributed by atoms with van der Waals surface area (Å²) in [5.41, 5.74) is 2.70. The SMILES string of the molecule is CC/C=C/c1ccc(C2C=CC=CC2)cc1. The van der Waals surface area contributed by atoms with Crippen LogP contribution in [-0.2, 0) is 0 Å².